The van der Waals surface area contributed by atoms with Crippen molar-refractivity contribution in [2.24, 2.45) is 0 Å². The van der Waals surface area contributed by atoms with Crippen molar-refractivity contribution >= 4 is 33.4 Å². The molecule has 180 valence electrons. The van der Waals surface area contributed by atoms with E-state index in [0.29, 0.717) is 57.7 Å². The number of likely N-dealkylation sites (tertiary alicyclic amines) is 1. The van der Waals surface area contributed by atoms with Gasteiger partial charge in [0.05, 0.1) is 12.3 Å². The molecule has 0 bridgehead atoms. The minimum absolute atomic E-state index is 0.0286. The summed E-state index contributed by atoms with van der Waals surface area (Å²) in [5, 5.41) is 0. The van der Waals surface area contributed by atoms with E-state index < -0.39 is 10.0 Å². The van der Waals surface area contributed by atoms with E-state index in [9.17, 15) is 18.0 Å². The summed E-state index contributed by atoms with van der Waals surface area (Å²) in [6.45, 7) is 7.26. The number of hydrogen-bond donors (Lipinski definition) is 0. The molecule has 0 spiro atoms. The zero-order valence-corrected chi connectivity index (χ0v) is 21.0. The summed E-state index contributed by atoms with van der Waals surface area (Å²) in [5.41, 5.74) is 2.13. The van der Waals surface area contributed by atoms with E-state index in [2.05, 4.69) is 0 Å². The van der Waals surface area contributed by atoms with Crippen LogP contribution in [0.5, 0.6) is 0 Å². The van der Waals surface area contributed by atoms with E-state index in [0.717, 1.165) is 11.1 Å². The van der Waals surface area contributed by atoms with Gasteiger partial charge in [0, 0.05) is 44.5 Å². The van der Waals surface area contributed by atoms with Gasteiger partial charge in [-0.05, 0) is 44.2 Å². The second kappa shape index (κ2) is 12.6. The lowest BCUT2D eigenvalue weighted by molar-refractivity contribution is -0.137. The van der Waals surface area contributed by atoms with Gasteiger partial charge in [0.25, 0.3) is 0 Å². The van der Waals surface area contributed by atoms with Crippen LogP contribution < -0.4 is 0 Å². The summed E-state index contributed by atoms with van der Waals surface area (Å²) in [4.78, 5) is 29.3. The molecule has 1 aliphatic heterocycles. The largest absolute Gasteiger partial charge is 0.343 e. The predicted octanol–water partition coefficient (Wildman–Crippen LogP) is 3.01. The van der Waals surface area contributed by atoms with Crippen LogP contribution in [-0.4, -0.2) is 78.2 Å². The third-order valence-corrected chi connectivity index (χ3v) is 8.05. The average molecular weight is 486 g/mol. The molecule has 1 saturated heterocycles. The molecule has 1 aromatic carbocycles. The Hall–Kier alpha value is -1.64. The average Bonchev–Trinajstić information content (AvgIpc) is 2.78. The van der Waals surface area contributed by atoms with Crippen molar-refractivity contribution in [3.8, 4) is 0 Å². The number of amides is 2. The molecule has 0 aliphatic carbocycles. The van der Waals surface area contributed by atoms with Crippen LogP contribution in [-0.2, 0) is 26.2 Å². The Balaban J connectivity index is 2.22. The second-order valence-electron chi connectivity index (χ2n) is 8.23. The fourth-order valence-corrected chi connectivity index (χ4v) is 5.34. The molecule has 0 saturated carbocycles. The fourth-order valence-electron chi connectivity index (χ4n) is 4.05. The quantitative estimate of drug-likeness (QED) is 0.451. The van der Waals surface area contributed by atoms with Crippen LogP contribution in [0.15, 0.2) is 24.3 Å². The first kappa shape index (κ1) is 26.6. The normalized spacial score (nSPS) is 15.2. The molecule has 9 heteroatoms. The maximum Gasteiger partial charge on any atom is 0.238 e. The minimum Gasteiger partial charge on any atom is -0.343 e. The number of sulfonamides is 1. The first-order valence-corrected chi connectivity index (χ1v) is 13.5. The van der Waals surface area contributed by atoms with Gasteiger partial charge in [0.2, 0.25) is 21.8 Å². The third kappa shape index (κ3) is 7.18. The summed E-state index contributed by atoms with van der Waals surface area (Å²) in [6.07, 6.45) is 2.30. The summed E-state index contributed by atoms with van der Waals surface area (Å²) < 4.78 is 26.3. The van der Waals surface area contributed by atoms with Crippen LogP contribution in [0.25, 0.3) is 0 Å². The Morgan fingerprint density at radius 3 is 2.38 bits per heavy atom. The van der Waals surface area contributed by atoms with Crippen LogP contribution in [0.4, 0.5) is 0 Å². The van der Waals surface area contributed by atoms with E-state index in [4.69, 9.17) is 11.6 Å². The Bertz CT molecular complexity index is 870. The zero-order chi connectivity index (χ0) is 23.7. The molecule has 1 heterocycles. The number of piperidine rings is 1. The first-order chi connectivity index (χ1) is 15.2. The third-order valence-electron chi connectivity index (χ3n) is 6.03. The van der Waals surface area contributed by atoms with Gasteiger partial charge in [-0.3, -0.25) is 9.59 Å². The van der Waals surface area contributed by atoms with Gasteiger partial charge in [-0.15, -0.1) is 11.6 Å². The maximum absolute atomic E-state index is 13.4. The topological polar surface area (TPSA) is 78.0 Å². The second-order valence-corrected chi connectivity index (χ2v) is 10.9. The van der Waals surface area contributed by atoms with Crippen LogP contribution >= 0.6 is 11.6 Å². The van der Waals surface area contributed by atoms with Gasteiger partial charge in [-0.25, -0.2) is 8.42 Å². The van der Waals surface area contributed by atoms with Crippen molar-refractivity contribution in [3.05, 3.63) is 35.4 Å². The summed E-state index contributed by atoms with van der Waals surface area (Å²) in [5.74, 6) is 0.122. The molecule has 0 atom stereocenters. The summed E-state index contributed by atoms with van der Waals surface area (Å²) in [7, 11) is -3.47. The highest BCUT2D eigenvalue weighted by Gasteiger charge is 2.32. The van der Waals surface area contributed by atoms with Crippen molar-refractivity contribution in [2.75, 3.05) is 37.8 Å². The van der Waals surface area contributed by atoms with Gasteiger partial charge >= 0.3 is 0 Å². The van der Waals surface area contributed by atoms with Crippen molar-refractivity contribution in [1.82, 2.24) is 14.1 Å². The SMILES string of the molecule is CCCN(CC(=O)N(Cc1ccccc1C)C1CCN(C(=O)CCCl)CC1)S(=O)(=O)CC. The van der Waals surface area contributed by atoms with Crippen molar-refractivity contribution in [1.29, 1.82) is 0 Å². The van der Waals surface area contributed by atoms with Crippen LogP contribution in [0.1, 0.15) is 50.7 Å². The number of benzene rings is 1. The highest BCUT2D eigenvalue weighted by Crippen LogP contribution is 2.22. The number of halogens is 1. The number of alkyl halides is 1. The molecule has 32 heavy (non-hydrogen) atoms. The molecular formula is C23H36ClN3O4S. The standard InChI is InChI=1S/C23H36ClN3O4S/c1-4-14-26(32(30,31)5-2)18-23(29)27(17-20-9-7-6-8-19(20)3)21-11-15-25(16-12-21)22(28)10-13-24/h6-9,21H,4-5,10-18H2,1-3H3. The van der Waals surface area contributed by atoms with Gasteiger partial charge in [0.1, 0.15) is 0 Å². The van der Waals surface area contributed by atoms with E-state index in [1.165, 1.54) is 4.31 Å². The molecule has 0 radical (unpaired) electrons. The van der Waals surface area contributed by atoms with Crippen LogP contribution in [0, 0.1) is 6.92 Å². The fraction of sp³-hybridized carbons (Fsp3) is 0.652. The van der Waals surface area contributed by atoms with Crippen molar-refractivity contribution < 1.29 is 18.0 Å². The van der Waals surface area contributed by atoms with Crippen LogP contribution in [0.3, 0.4) is 0 Å². The Labute approximate surface area is 197 Å². The molecule has 7 nitrogen and oxygen atoms in total. The van der Waals surface area contributed by atoms with Crippen LogP contribution in [0.2, 0.25) is 0 Å². The van der Waals surface area contributed by atoms with Gasteiger partial charge in [-0.1, -0.05) is 31.2 Å². The smallest absolute Gasteiger partial charge is 0.238 e. The van der Waals surface area contributed by atoms with Crippen molar-refractivity contribution in [2.45, 2.75) is 59.0 Å². The van der Waals surface area contributed by atoms with Crippen molar-refractivity contribution in [3.63, 3.8) is 0 Å². The minimum atomic E-state index is -3.47. The molecule has 1 fully saturated rings. The Kier molecular flexibility index (Phi) is 10.4. The van der Waals surface area contributed by atoms with E-state index in [1.807, 2.05) is 43.0 Å². The number of aryl methyl sites for hydroxylation is 1. The number of nitrogens with zero attached hydrogens (tertiary/aromatic N) is 3. The van der Waals surface area contributed by atoms with Gasteiger partial charge in [0.15, 0.2) is 0 Å². The molecule has 1 aliphatic rings. The molecule has 2 rings (SSSR count). The molecular weight excluding hydrogens is 450 g/mol. The zero-order valence-electron chi connectivity index (χ0n) is 19.4. The van der Waals surface area contributed by atoms with E-state index in [1.54, 1.807) is 11.8 Å². The number of hydrogen-bond acceptors (Lipinski definition) is 4. The maximum atomic E-state index is 13.4. The van der Waals surface area contributed by atoms with Gasteiger partial charge < -0.3 is 9.80 Å². The highest BCUT2D eigenvalue weighted by molar-refractivity contribution is 7.89. The summed E-state index contributed by atoms with van der Waals surface area (Å²) >= 11 is 5.71. The lowest BCUT2D eigenvalue weighted by Gasteiger charge is -2.39. The molecule has 0 unspecified atom stereocenters. The lowest BCUT2D eigenvalue weighted by Crippen LogP contribution is -2.51. The number of carbonyl (C=O) groups is 2. The monoisotopic (exact) mass is 485 g/mol. The van der Waals surface area contributed by atoms with E-state index >= 15 is 0 Å². The molecule has 2 amide bonds. The molecule has 1 aromatic rings. The first-order valence-electron chi connectivity index (χ1n) is 11.4. The molecule has 0 aromatic heterocycles. The number of carbonyl (C=O) groups excluding carboxylic acids is 2. The molecule has 0 N–H and O–H groups in total. The summed E-state index contributed by atoms with van der Waals surface area (Å²) in [6, 6.07) is 7.87. The van der Waals surface area contributed by atoms with Gasteiger partial charge in [-0.2, -0.15) is 4.31 Å². The highest BCUT2D eigenvalue weighted by atomic mass is 35.5. The Morgan fingerprint density at radius 1 is 1.16 bits per heavy atom. The Morgan fingerprint density at radius 2 is 1.81 bits per heavy atom. The predicted molar refractivity (Wildman–Crippen MR) is 128 cm³/mol. The van der Waals surface area contributed by atoms with E-state index in [-0.39, 0.29) is 30.2 Å². The number of rotatable bonds is 11. The lowest BCUT2D eigenvalue weighted by atomic mass is 10.0.